The standard InChI is InChI=1S/C21H26N2O4/c1-3-13-11-23-9-8-19-14-6-4-5-7-16(14)22(2)18(19)17(25)10-15(13)20(19,12-24)21(23,26)27/h3-7,15,18,24,26-27H,8-12H2,1-2H3/b13-3-/t15-,18?,19+,20?/m0/s1. The number of benzene rings is 1. The fourth-order valence-electron chi connectivity index (χ4n) is 6.94. The molecule has 3 N–H and O–H groups in total. The first-order valence-corrected chi connectivity index (χ1v) is 9.67. The van der Waals surface area contributed by atoms with Crippen LogP contribution < -0.4 is 4.90 Å². The number of piperidine rings is 2. The fraction of sp³-hybridized carbons (Fsp3) is 0.571. The number of carbonyl (C=O) groups excluding carboxylic acids is 1. The predicted molar refractivity (Wildman–Crippen MR) is 100 cm³/mol. The van der Waals surface area contributed by atoms with E-state index in [4.69, 9.17) is 0 Å². The summed E-state index contributed by atoms with van der Waals surface area (Å²) in [6.07, 6.45) is 2.82. The smallest absolute Gasteiger partial charge is 0.235 e. The van der Waals surface area contributed by atoms with E-state index in [1.165, 1.54) is 0 Å². The van der Waals surface area contributed by atoms with E-state index < -0.39 is 22.8 Å². The molecule has 0 amide bonds. The zero-order valence-corrected chi connectivity index (χ0v) is 15.7. The fourth-order valence-corrected chi connectivity index (χ4v) is 6.94. The first kappa shape index (κ1) is 17.4. The summed E-state index contributed by atoms with van der Waals surface area (Å²) in [6, 6.07) is 7.36. The van der Waals surface area contributed by atoms with Crippen LogP contribution in [0.25, 0.3) is 0 Å². The molecule has 6 nitrogen and oxygen atoms in total. The number of hydrogen-bond donors (Lipinski definition) is 3. The van der Waals surface area contributed by atoms with Crippen molar-refractivity contribution in [1.29, 1.82) is 0 Å². The minimum atomic E-state index is -2.17. The van der Waals surface area contributed by atoms with Gasteiger partial charge in [0.05, 0.1) is 18.1 Å². The highest BCUT2D eigenvalue weighted by molar-refractivity contribution is 5.95. The number of para-hydroxylation sites is 1. The summed E-state index contributed by atoms with van der Waals surface area (Å²) in [5.74, 6) is -2.44. The highest BCUT2D eigenvalue weighted by Gasteiger charge is 2.79. The van der Waals surface area contributed by atoms with Crippen molar-refractivity contribution in [2.75, 3.05) is 31.6 Å². The average molecular weight is 370 g/mol. The van der Waals surface area contributed by atoms with Crippen molar-refractivity contribution >= 4 is 11.5 Å². The predicted octanol–water partition coefficient (Wildman–Crippen LogP) is 0.614. The Morgan fingerprint density at radius 3 is 2.74 bits per heavy atom. The van der Waals surface area contributed by atoms with Gasteiger partial charge >= 0.3 is 0 Å². The third-order valence-electron chi connectivity index (χ3n) is 7.98. The summed E-state index contributed by atoms with van der Waals surface area (Å²) in [5, 5.41) is 33.6. The maximum Gasteiger partial charge on any atom is 0.235 e. The molecule has 3 fully saturated rings. The van der Waals surface area contributed by atoms with Gasteiger partial charge in [-0.25, -0.2) is 4.90 Å². The van der Waals surface area contributed by atoms with E-state index in [1.807, 2.05) is 49.2 Å². The lowest BCUT2D eigenvalue weighted by atomic mass is 9.41. The molecule has 5 atom stereocenters. The lowest BCUT2D eigenvalue weighted by Crippen LogP contribution is -2.83. The van der Waals surface area contributed by atoms with Gasteiger partial charge in [-0.15, -0.1) is 0 Å². The largest absolute Gasteiger partial charge is 0.395 e. The van der Waals surface area contributed by atoms with Crippen molar-refractivity contribution in [2.24, 2.45) is 11.3 Å². The Hall–Kier alpha value is -1.73. The molecule has 1 saturated carbocycles. The van der Waals surface area contributed by atoms with Crippen molar-refractivity contribution in [2.45, 2.75) is 37.1 Å². The SMILES string of the molecule is C/C=C1/CN2CC[C@@]34c5ccccc5N(C)C3C(=O)C[C@@H]1C4(CO)C2(O)O. The van der Waals surface area contributed by atoms with E-state index in [0.29, 0.717) is 19.5 Å². The second kappa shape index (κ2) is 5.20. The van der Waals surface area contributed by atoms with Gasteiger partial charge in [0.2, 0.25) is 5.91 Å². The molecule has 3 aliphatic heterocycles. The van der Waals surface area contributed by atoms with Crippen molar-refractivity contribution in [3.8, 4) is 0 Å². The van der Waals surface area contributed by atoms with Crippen LogP contribution in [-0.2, 0) is 10.2 Å². The molecule has 27 heavy (non-hydrogen) atoms. The number of nitrogens with zero attached hydrogens (tertiary/aromatic N) is 2. The van der Waals surface area contributed by atoms with E-state index in [2.05, 4.69) is 0 Å². The van der Waals surface area contributed by atoms with Crippen molar-refractivity contribution < 1.29 is 20.1 Å². The van der Waals surface area contributed by atoms with Crippen LogP contribution >= 0.6 is 0 Å². The number of carbonyl (C=O) groups is 1. The minimum absolute atomic E-state index is 0.119. The molecule has 5 rings (SSSR count). The highest BCUT2D eigenvalue weighted by atomic mass is 16.5. The van der Waals surface area contributed by atoms with E-state index in [1.54, 1.807) is 4.90 Å². The molecule has 3 unspecified atom stereocenters. The van der Waals surface area contributed by atoms with E-state index >= 15 is 0 Å². The number of aliphatic hydroxyl groups excluding tert-OH is 1. The van der Waals surface area contributed by atoms with Crippen LogP contribution in [0.3, 0.4) is 0 Å². The Morgan fingerprint density at radius 2 is 2.04 bits per heavy atom. The van der Waals surface area contributed by atoms with Gasteiger partial charge in [0.1, 0.15) is 0 Å². The zero-order chi connectivity index (χ0) is 19.2. The van der Waals surface area contributed by atoms with Gasteiger partial charge in [0.15, 0.2) is 5.78 Å². The van der Waals surface area contributed by atoms with Gasteiger partial charge in [0.25, 0.3) is 0 Å². The monoisotopic (exact) mass is 370 g/mol. The number of likely N-dealkylation sites (N-methyl/N-ethyl adjacent to an activating group) is 1. The van der Waals surface area contributed by atoms with Crippen LogP contribution in [-0.4, -0.2) is 64.7 Å². The van der Waals surface area contributed by atoms with E-state index in [0.717, 1.165) is 16.8 Å². The van der Waals surface area contributed by atoms with Crippen molar-refractivity contribution in [3.63, 3.8) is 0 Å². The average Bonchev–Trinajstić information content (AvgIpc) is 2.91. The molecule has 144 valence electrons. The van der Waals surface area contributed by atoms with Gasteiger partial charge in [-0.05, 0) is 25.0 Å². The summed E-state index contributed by atoms with van der Waals surface area (Å²) in [7, 11) is 1.91. The Balaban J connectivity index is 1.89. The number of anilines is 1. The van der Waals surface area contributed by atoms with Gasteiger partial charge in [-0.1, -0.05) is 29.8 Å². The molecule has 2 saturated heterocycles. The molecule has 0 radical (unpaired) electrons. The normalized spacial score (nSPS) is 42.9. The van der Waals surface area contributed by atoms with Gasteiger partial charge in [0, 0.05) is 43.6 Å². The van der Waals surface area contributed by atoms with Crippen LogP contribution in [0.15, 0.2) is 35.9 Å². The van der Waals surface area contributed by atoms with E-state index in [9.17, 15) is 20.1 Å². The summed E-state index contributed by atoms with van der Waals surface area (Å²) in [6.45, 7) is 2.42. The molecule has 0 aromatic heterocycles. The Labute approximate surface area is 158 Å². The molecular formula is C21H26N2O4. The number of allylic oxidation sites excluding steroid dienone is 1. The van der Waals surface area contributed by atoms with Crippen LogP contribution in [0.1, 0.15) is 25.3 Å². The molecule has 1 aromatic rings. The molecule has 2 bridgehead atoms. The highest BCUT2D eigenvalue weighted by Crippen LogP contribution is 2.70. The lowest BCUT2D eigenvalue weighted by molar-refractivity contribution is -0.393. The topological polar surface area (TPSA) is 84.2 Å². The maximum absolute atomic E-state index is 13.4. The number of ketones is 1. The number of hydrogen-bond acceptors (Lipinski definition) is 6. The van der Waals surface area contributed by atoms with Gasteiger partial charge in [-0.2, -0.15) is 0 Å². The van der Waals surface area contributed by atoms with Crippen LogP contribution in [0, 0.1) is 11.3 Å². The molecule has 1 spiro atoms. The zero-order valence-electron chi connectivity index (χ0n) is 15.7. The summed E-state index contributed by atoms with van der Waals surface area (Å²) >= 11 is 0. The third kappa shape index (κ3) is 1.62. The van der Waals surface area contributed by atoms with Gasteiger partial charge < -0.3 is 20.2 Å². The second-order valence-electron chi connectivity index (χ2n) is 8.52. The quantitative estimate of drug-likeness (QED) is 0.496. The summed E-state index contributed by atoms with van der Waals surface area (Å²) in [5.41, 5.74) is 0.829. The van der Waals surface area contributed by atoms with Crippen molar-refractivity contribution in [3.05, 3.63) is 41.5 Å². The molecule has 4 aliphatic rings. The minimum Gasteiger partial charge on any atom is -0.395 e. The van der Waals surface area contributed by atoms with Gasteiger partial charge in [-0.3, -0.25) is 4.79 Å². The molecule has 1 aliphatic carbocycles. The lowest BCUT2D eigenvalue weighted by Gasteiger charge is -2.70. The number of Topliss-reactive ketones (excluding diaryl/α,β-unsaturated/α-hetero) is 1. The van der Waals surface area contributed by atoms with Crippen molar-refractivity contribution in [1.82, 2.24) is 4.90 Å². The Kier molecular flexibility index (Phi) is 3.35. The Morgan fingerprint density at radius 1 is 1.30 bits per heavy atom. The molecular weight excluding hydrogens is 344 g/mol. The maximum atomic E-state index is 13.4. The number of aliphatic hydroxyl groups is 3. The van der Waals surface area contributed by atoms with Crippen LogP contribution in [0.2, 0.25) is 0 Å². The first-order chi connectivity index (χ1) is 12.9. The first-order valence-electron chi connectivity index (χ1n) is 9.67. The van der Waals surface area contributed by atoms with E-state index in [-0.39, 0.29) is 24.7 Å². The summed E-state index contributed by atoms with van der Waals surface area (Å²) < 4.78 is 0. The second-order valence-corrected chi connectivity index (χ2v) is 8.52. The summed E-state index contributed by atoms with van der Waals surface area (Å²) in [4.78, 5) is 17.0. The molecule has 3 heterocycles. The van der Waals surface area contributed by atoms with Crippen LogP contribution in [0.5, 0.6) is 0 Å². The number of rotatable bonds is 1. The third-order valence-corrected chi connectivity index (χ3v) is 7.98. The molecule has 1 aromatic carbocycles. The van der Waals surface area contributed by atoms with Crippen LogP contribution in [0.4, 0.5) is 5.69 Å². The molecule has 6 heteroatoms. The number of fused-ring (bicyclic) bond motifs is 2. The Bertz CT molecular complexity index is 865.